The highest BCUT2D eigenvalue weighted by atomic mass is 16.5. The molecule has 2 N–H and O–H groups in total. The van der Waals surface area contributed by atoms with E-state index in [2.05, 4.69) is 30.3 Å². The molecule has 0 fully saturated rings. The summed E-state index contributed by atoms with van der Waals surface area (Å²) in [5.74, 6) is 0.914. The average molecular weight is 283 g/mol. The fourth-order valence-electron chi connectivity index (χ4n) is 2.44. The number of nitrogens with two attached hydrogens (primary N) is 1. The molecular formula is C19H25NO. The van der Waals surface area contributed by atoms with Gasteiger partial charge in [0.25, 0.3) is 0 Å². The van der Waals surface area contributed by atoms with Crippen molar-refractivity contribution in [1.29, 1.82) is 0 Å². The lowest BCUT2D eigenvalue weighted by Gasteiger charge is -2.17. The van der Waals surface area contributed by atoms with Gasteiger partial charge in [-0.3, -0.25) is 0 Å². The molecule has 0 heterocycles. The Balaban J connectivity index is 1.62. The van der Waals surface area contributed by atoms with Crippen LogP contribution in [0.1, 0.15) is 31.2 Å². The van der Waals surface area contributed by atoms with Gasteiger partial charge in [-0.25, -0.2) is 0 Å². The van der Waals surface area contributed by atoms with Crippen molar-refractivity contribution in [3.63, 3.8) is 0 Å². The van der Waals surface area contributed by atoms with Crippen molar-refractivity contribution < 1.29 is 4.74 Å². The van der Waals surface area contributed by atoms with E-state index < -0.39 is 0 Å². The minimum Gasteiger partial charge on any atom is -0.489 e. The van der Waals surface area contributed by atoms with E-state index in [9.17, 15) is 0 Å². The molecule has 0 saturated carbocycles. The predicted molar refractivity (Wildman–Crippen MR) is 88.5 cm³/mol. The minimum absolute atomic E-state index is 0.129. The van der Waals surface area contributed by atoms with Gasteiger partial charge < -0.3 is 10.5 Å². The molecule has 2 nitrogen and oxygen atoms in total. The Labute approximate surface area is 127 Å². The standard InChI is InChI=1S/C19H25NO/c20-16-19(21-18-13-7-3-8-14-18)15-9-2-6-12-17-10-4-1-5-11-17/h1,3-5,7-8,10-11,13-14,19H,2,6,9,12,15-16,20H2/t19-/m1/s1. The van der Waals surface area contributed by atoms with Crippen LogP contribution in [-0.4, -0.2) is 12.6 Å². The lowest BCUT2D eigenvalue weighted by molar-refractivity contribution is 0.195. The molecule has 2 aromatic carbocycles. The molecule has 0 spiro atoms. The fourth-order valence-corrected chi connectivity index (χ4v) is 2.44. The van der Waals surface area contributed by atoms with Gasteiger partial charge in [-0.05, 0) is 43.4 Å². The van der Waals surface area contributed by atoms with E-state index in [0.29, 0.717) is 6.54 Å². The van der Waals surface area contributed by atoms with Crippen LogP contribution >= 0.6 is 0 Å². The van der Waals surface area contributed by atoms with Gasteiger partial charge in [0.15, 0.2) is 0 Å². The second kappa shape index (κ2) is 9.19. The van der Waals surface area contributed by atoms with Crippen LogP contribution in [0.4, 0.5) is 0 Å². The van der Waals surface area contributed by atoms with Crippen LogP contribution in [0.3, 0.4) is 0 Å². The summed E-state index contributed by atoms with van der Waals surface area (Å²) in [4.78, 5) is 0. The molecular weight excluding hydrogens is 258 g/mol. The highest BCUT2D eigenvalue weighted by Gasteiger charge is 2.07. The largest absolute Gasteiger partial charge is 0.489 e. The third-order valence-electron chi connectivity index (χ3n) is 3.64. The van der Waals surface area contributed by atoms with Gasteiger partial charge in [0.2, 0.25) is 0 Å². The van der Waals surface area contributed by atoms with Crippen molar-refractivity contribution >= 4 is 0 Å². The fraction of sp³-hybridized carbons (Fsp3) is 0.368. The quantitative estimate of drug-likeness (QED) is 0.700. The Hall–Kier alpha value is -1.80. The molecule has 0 aliphatic carbocycles. The molecule has 0 aliphatic heterocycles. The van der Waals surface area contributed by atoms with Crippen molar-refractivity contribution in [3.8, 4) is 5.75 Å². The van der Waals surface area contributed by atoms with Gasteiger partial charge in [-0.1, -0.05) is 55.0 Å². The van der Waals surface area contributed by atoms with Crippen LogP contribution in [0.5, 0.6) is 5.75 Å². The summed E-state index contributed by atoms with van der Waals surface area (Å²) in [6, 6.07) is 20.6. The van der Waals surface area contributed by atoms with Gasteiger partial charge in [0, 0.05) is 6.54 Å². The Morgan fingerprint density at radius 2 is 1.48 bits per heavy atom. The zero-order valence-electron chi connectivity index (χ0n) is 12.6. The number of benzene rings is 2. The van der Waals surface area contributed by atoms with Gasteiger partial charge in [-0.15, -0.1) is 0 Å². The van der Waals surface area contributed by atoms with Crippen LogP contribution in [0, 0.1) is 0 Å². The van der Waals surface area contributed by atoms with E-state index in [-0.39, 0.29) is 6.10 Å². The van der Waals surface area contributed by atoms with E-state index in [4.69, 9.17) is 10.5 Å². The zero-order chi connectivity index (χ0) is 14.8. The first kappa shape index (κ1) is 15.6. The van der Waals surface area contributed by atoms with Crippen molar-refractivity contribution in [2.45, 2.75) is 38.2 Å². The number of para-hydroxylation sites is 1. The maximum absolute atomic E-state index is 5.90. The summed E-state index contributed by atoms with van der Waals surface area (Å²) in [6.45, 7) is 0.577. The molecule has 0 bridgehead atoms. The molecule has 1 atom stereocenters. The Morgan fingerprint density at radius 1 is 0.810 bits per heavy atom. The number of ether oxygens (including phenoxy) is 1. The number of hydrogen-bond donors (Lipinski definition) is 1. The van der Waals surface area contributed by atoms with Crippen LogP contribution in [0.2, 0.25) is 0 Å². The SMILES string of the molecule is NC[C@@H](CCCCCc1ccccc1)Oc1ccccc1. The summed E-state index contributed by atoms with van der Waals surface area (Å²) >= 11 is 0. The topological polar surface area (TPSA) is 35.2 Å². The van der Waals surface area contributed by atoms with Crippen molar-refractivity contribution in [2.75, 3.05) is 6.54 Å². The van der Waals surface area contributed by atoms with Crippen LogP contribution in [0.25, 0.3) is 0 Å². The molecule has 0 aromatic heterocycles. The van der Waals surface area contributed by atoms with Crippen molar-refractivity contribution in [1.82, 2.24) is 0 Å². The molecule has 0 unspecified atom stereocenters. The highest BCUT2D eigenvalue weighted by molar-refractivity contribution is 5.21. The van der Waals surface area contributed by atoms with E-state index in [1.54, 1.807) is 0 Å². The highest BCUT2D eigenvalue weighted by Crippen LogP contribution is 2.15. The number of hydrogen-bond acceptors (Lipinski definition) is 2. The zero-order valence-corrected chi connectivity index (χ0v) is 12.6. The first-order chi connectivity index (χ1) is 10.4. The van der Waals surface area contributed by atoms with Crippen LogP contribution in [0.15, 0.2) is 60.7 Å². The third kappa shape index (κ3) is 6.01. The summed E-state index contributed by atoms with van der Waals surface area (Å²) < 4.78 is 5.90. The number of unbranched alkanes of at least 4 members (excludes halogenated alkanes) is 2. The number of aryl methyl sites for hydroxylation is 1. The molecule has 21 heavy (non-hydrogen) atoms. The summed E-state index contributed by atoms with van der Waals surface area (Å²) in [6.07, 6.45) is 5.94. The van der Waals surface area contributed by atoms with Crippen LogP contribution < -0.4 is 10.5 Å². The van der Waals surface area contributed by atoms with Crippen molar-refractivity contribution in [2.24, 2.45) is 5.73 Å². The maximum Gasteiger partial charge on any atom is 0.119 e. The van der Waals surface area contributed by atoms with Gasteiger partial charge >= 0.3 is 0 Å². The normalized spacial score (nSPS) is 12.0. The first-order valence-corrected chi connectivity index (χ1v) is 7.84. The van der Waals surface area contributed by atoms with E-state index >= 15 is 0 Å². The Bertz CT molecular complexity index is 483. The summed E-state index contributed by atoms with van der Waals surface area (Å²) in [5.41, 5.74) is 7.23. The van der Waals surface area contributed by atoms with Gasteiger partial charge in [0.1, 0.15) is 11.9 Å². The molecule has 0 aliphatic rings. The van der Waals surface area contributed by atoms with Gasteiger partial charge in [0.05, 0.1) is 0 Å². The monoisotopic (exact) mass is 283 g/mol. The van der Waals surface area contributed by atoms with Crippen LogP contribution in [-0.2, 0) is 6.42 Å². The molecule has 2 aromatic rings. The molecule has 0 saturated heterocycles. The van der Waals surface area contributed by atoms with E-state index in [0.717, 1.165) is 18.6 Å². The lowest BCUT2D eigenvalue weighted by atomic mass is 10.0. The maximum atomic E-state index is 5.90. The van der Waals surface area contributed by atoms with E-state index in [1.807, 2.05) is 30.3 Å². The minimum atomic E-state index is 0.129. The third-order valence-corrected chi connectivity index (χ3v) is 3.64. The number of rotatable bonds is 9. The molecule has 0 amide bonds. The second-order valence-electron chi connectivity index (χ2n) is 5.37. The molecule has 2 heteroatoms. The lowest BCUT2D eigenvalue weighted by Crippen LogP contribution is -2.26. The smallest absolute Gasteiger partial charge is 0.119 e. The molecule has 2 rings (SSSR count). The molecule has 112 valence electrons. The summed E-state index contributed by atoms with van der Waals surface area (Å²) in [5, 5.41) is 0. The average Bonchev–Trinajstić information content (AvgIpc) is 2.55. The van der Waals surface area contributed by atoms with Gasteiger partial charge in [-0.2, -0.15) is 0 Å². The predicted octanol–water partition coefficient (Wildman–Crippen LogP) is 4.20. The first-order valence-electron chi connectivity index (χ1n) is 7.84. The Morgan fingerprint density at radius 3 is 2.14 bits per heavy atom. The van der Waals surface area contributed by atoms with E-state index in [1.165, 1.54) is 24.8 Å². The Kier molecular flexibility index (Phi) is 6.82. The van der Waals surface area contributed by atoms with Crippen molar-refractivity contribution in [3.05, 3.63) is 66.2 Å². The second-order valence-corrected chi connectivity index (χ2v) is 5.37. The molecule has 0 radical (unpaired) electrons. The summed E-state index contributed by atoms with van der Waals surface area (Å²) in [7, 11) is 0.